The van der Waals surface area contributed by atoms with E-state index in [1.807, 2.05) is 23.9 Å². The zero-order valence-electron chi connectivity index (χ0n) is 11.1. The number of aromatic nitrogens is 1. The quantitative estimate of drug-likeness (QED) is 0.848. The highest BCUT2D eigenvalue weighted by Gasteiger charge is 2.28. The zero-order valence-corrected chi connectivity index (χ0v) is 12.7. The van der Waals surface area contributed by atoms with E-state index in [4.69, 9.17) is 11.6 Å². The summed E-state index contributed by atoms with van der Waals surface area (Å²) in [5.74, 6) is -0.126. The number of carbonyl (C=O) groups is 1. The Morgan fingerprint density at radius 3 is 2.89 bits per heavy atom. The molecule has 2 atom stereocenters. The maximum atomic E-state index is 12.3. The van der Waals surface area contributed by atoms with E-state index in [0.717, 1.165) is 12.8 Å². The fourth-order valence-electron chi connectivity index (χ4n) is 2.09. The van der Waals surface area contributed by atoms with E-state index in [1.165, 1.54) is 0 Å². The Kier molecular flexibility index (Phi) is 4.81. The zero-order chi connectivity index (χ0) is 14.0. The largest absolute Gasteiger partial charge is 0.395 e. The number of hydrogen-bond acceptors (Lipinski definition) is 3. The Morgan fingerprint density at radius 1 is 1.68 bits per heavy atom. The molecule has 1 amide bonds. The van der Waals surface area contributed by atoms with E-state index in [-0.39, 0.29) is 23.8 Å². The van der Waals surface area contributed by atoms with Crippen LogP contribution in [0.4, 0.5) is 0 Å². The molecule has 4 nitrogen and oxygen atoms in total. The molecule has 2 unspecified atom stereocenters. The molecule has 2 rings (SSSR count). The highest BCUT2D eigenvalue weighted by molar-refractivity contribution is 7.99. The summed E-state index contributed by atoms with van der Waals surface area (Å²) >= 11 is 7.54. The predicted octanol–water partition coefficient (Wildman–Crippen LogP) is 2.32. The molecule has 1 aromatic heterocycles. The molecule has 0 aliphatic heterocycles. The van der Waals surface area contributed by atoms with Crippen LogP contribution in [0.25, 0.3) is 0 Å². The number of nitrogens with zero attached hydrogens (tertiary/aromatic N) is 1. The molecule has 1 heterocycles. The lowest BCUT2D eigenvalue weighted by Gasteiger charge is -2.21. The summed E-state index contributed by atoms with van der Waals surface area (Å²) < 4.78 is 1.96. The molecule has 19 heavy (non-hydrogen) atoms. The molecule has 0 spiro atoms. The third-order valence-electron chi connectivity index (χ3n) is 3.39. The van der Waals surface area contributed by atoms with Gasteiger partial charge in [0.05, 0.1) is 11.6 Å². The third-order valence-corrected chi connectivity index (χ3v) is 4.76. The highest BCUT2D eigenvalue weighted by atomic mass is 35.5. The first kappa shape index (κ1) is 14.8. The average Bonchev–Trinajstić information content (AvgIpc) is 3.13. The van der Waals surface area contributed by atoms with Crippen molar-refractivity contribution in [3.8, 4) is 0 Å². The van der Waals surface area contributed by atoms with Gasteiger partial charge >= 0.3 is 0 Å². The SMILES string of the molecule is CSC(CO)C(C)NC(=O)c1cc(Cl)cn1C1CC1. The third kappa shape index (κ3) is 3.46. The second-order valence-corrected chi connectivity index (χ2v) is 6.41. The smallest absolute Gasteiger partial charge is 0.268 e. The summed E-state index contributed by atoms with van der Waals surface area (Å²) in [5.41, 5.74) is 0.608. The van der Waals surface area contributed by atoms with Gasteiger partial charge in [-0.05, 0) is 32.1 Å². The Hall–Kier alpha value is -0.650. The van der Waals surface area contributed by atoms with Crippen LogP contribution in [0.1, 0.15) is 36.3 Å². The number of nitrogens with one attached hydrogen (secondary N) is 1. The van der Waals surface area contributed by atoms with Crippen LogP contribution in [-0.4, -0.2) is 39.7 Å². The number of amides is 1. The summed E-state index contributed by atoms with van der Waals surface area (Å²) in [6.45, 7) is 1.95. The lowest BCUT2D eigenvalue weighted by Crippen LogP contribution is -2.41. The van der Waals surface area contributed by atoms with Crippen molar-refractivity contribution in [1.82, 2.24) is 9.88 Å². The van der Waals surface area contributed by atoms with Crippen LogP contribution in [0.2, 0.25) is 5.02 Å². The van der Waals surface area contributed by atoms with Crippen LogP contribution in [0.15, 0.2) is 12.3 Å². The van der Waals surface area contributed by atoms with Crippen molar-refractivity contribution in [2.45, 2.75) is 37.1 Å². The van der Waals surface area contributed by atoms with E-state index >= 15 is 0 Å². The number of aliphatic hydroxyl groups excluding tert-OH is 1. The first-order chi connectivity index (χ1) is 9.06. The van der Waals surface area contributed by atoms with Crippen LogP contribution < -0.4 is 5.32 Å². The van der Waals surface area contributed by atoms with Crippen LogP contribution in [-0.2, 0) is 0 Å². The standard InChI is InChI=1S/C13H19ClN2O2S/c1-8(12(7-17)19-2)15-13(18)11-5-9(14)6-16(11)10-3-4-10/h5-6,8,10,12,17H,3-4,7H2,1-2H3,(H,15,18). The fourth-order valence-corrected chi connectivity index (χ4v) is 2.93. The van der Waals surface area contributed by atoms with E-state index in [1.54, 1.807) is 17.8 Å². The Morgan fingerprint density at radius 2 is 2.37 bits per heavy atom. The molecular weight excluding hydrogens is 284 g/mol. The van der Waals surface area contributed by atoms with Gasteiger partial charge in [-0.1, -0.05) is 11.6 Å². The van der Waals surface area contributed by atoms with Crippen molar-refractivity contribution < 1.29 is 9.90 Å². The van der Waals surface area contributed by atoms with Gasteiger partial charge in [0.25, 0.3) is 5.91 Å². The summed E-state index contributed by atoms with van der Waals surface area (Å²) in [7, 11) is 0. The second-order valence-electron chi connectivity index (χ2n) is 4.90. The molecule has 6 heteroatoms. The molecule has 1 aliphatic rings. The van der Waals surface area contributed by atoms with Gasteiger partial charge in [-0.15, -0.1) is 0 Å². The van der Waals surface area contributed by atoms with Crippen LogP contribution >= 0.6 is 23.4 Å². The van der Waals surface area contributed by atoms with Gasteiger partial charge in [0, 0.05) is 23.5 Å². The van der Waals surface area contributed by atoms with Gasteiger partial charge in [-0.3, -0.25) is 4.79 Å². The number of thioether (sulfide) groups is 1. The molecule has 0 saturated heterocycles. The predicted molar refractivity (Wildman–Crippen MR) is 79.0 cm³/mol. The summed E-state index contributed by atoms with van der Waals surface area (Å²) in [6, 6.07) is 2.03. The van der Waals surface area contributed by atoms with Gasteiger partial charge in [0.15, 0.2) is 0 Å². The summed E-state index contributed by atoms with van der Waals surface area (Å²) in [4.78, 5) is 12.3. The van der Waals surface area contributed by atoms with Gasteiger partial charge in [-0.2, -0.15) is 11.8 Å². The van der Waals surface area contributed by atoms with E-state index in [2.05, 4.69) is 5.32 Å². The normalized spacial score (nSPS) is 18.1. The Balaban J connectivity index is 2.07. The molecule has 1 aliphatic carbocycles. The number of hydrogen-bond donors (Lipinski definition) is 2. The van der Waals surface area contributed by atoms with Crippen molar-refractivity contribution >= 4 is 29.3 Å². The van der Waals surface area contributed by atoms with E-state index in [0.29, 0.717) is 16.8 Å². The van der Waals surface area contributed by atoms with Crippen LogP contribution in [0.3, 0.4) is 0 Å². The van der Waals surface area contributed by atoms with Crippen molar-refractivity contribution in [2.24, 2.45) is 0 Å². The number of aliphatic hydroxyl groups is 1. The molecule has 0 aromatic carbocycles. The minimum atomic E-state index is -0.126. The molecule has 0 bridgehead atoms. The monoisotopic (exact) mass is 302 g/mol. The van der Waals surface area contributed by atoms with Gasteiger partial charge < -0.3 is 15.0 Å². The molecular formula is C13H19ClN2O2S. The number of carbonyl (C=O) groups excluding carboxylic acids is 1. The maximum Gasteiger partial charge on any atom is 0.268 e. The lowest BCUT2D eigenvalue weighted by atomic mass is 10.2. The van der Waals surface area contributed by atoms with Crippen LogP contribution in [0.5, 0.6) is 0 Å². The van der Waals surface area contributed by atoms with E-state index < -0.39 is 0 Å². The topological polar surface area (TPSA) is 54.3 Å². The average molecular weight is 303 g/mol. The first-order valence-electron chi connectivity index (χ1n) is 6.38. The minimum absolute atomic E-state index is 0.00348. The van der Waals surface area contributed by atoms with Crippen molar-refractivity contribution in [1.29, 1.82) is 0 Å². The maximum absolute atomic E-state index is 12.3. The van der Waals surface area contributed by atoms with Crippen molar-refractivity contribution in [2.75, 3.05) is 12.9 Å². The van der Waals surface area contributed by atoms with E-state index in [9.17, 15) is 9.90 Å². The van der Waals surface area contributed by atoms with Gasteiger partial charge in [0.1, 0.15) is 5.69 Å². The minimum Gasteiger partial charge on any atom is -0.395 e. The lowest BCUT2D eigenvalue weighted by molar-refractivity contribution is 0.0926. The molecule has 1 saturated carbocycles. The van der Waals surface area contributed by atoms with Gasteiger partial charge in [-0.25, -0.2) is 0 Å². The fraction of sp³-hybridized carbons (Fsp3) is 0.615. The molecule has 106 valence electrons. The second kappa shape index (κ2) is 6.20. The molecule has 1 fully saturated rings. The molecule has 2 N–H and O–H groups in total. The van der Waals surface area contributed by atoms with Gasteiger partial charge in [0.2, 0.25) is 0 Å². The number of rotatable bonds is 6. The Bertz CT molecular complexity index is 455. The molecule has 1 aromatic rings. The number of halogens is 1. The Labute approximate surface area is 122 Å². The highest BCUT2D eigenvalue weighted by Crippen LogP contribution is 2.37. The molecule has 0 radical (unpaired) electrons. The summed E-state index contributed by atoms with van der Waals surface area (Å²) in [6.07, 6.45) is 5.94. The van der Waals surface area contributed by atoms with Crippen molar-refractivity contribution in [3.63, 3.8) is 0 Å². The van der Waals surface area contributed by atoms with Crippen molar-refractivity contribution in [3.05, 3.63) is 23.0 Å². The van der Waals surface area contributed by atoms with Crippen LogP contribution in [0, 0.1) is 0 Å². The first-order valence-corrected chi connectivity index (χ1v) is 8.05. The summed E-state index contributed by atoms with van der Waals surface area (Å²) in [5, 5.41) is 12.8.